The van der Waals surface area contributed by atoms with Gasteiger partial charge in [0.05, 0.1) is 10.5 Å². The molecule has 1 atom stereocenters. The predicted molar refractivity (Wildman–Crippen MR) is 71.6 cm³/mol. The highest BCUT2D eigenvalue weighted by atomic mass is 16.6. The topological polar surface area (TPSA) is 137 Å². The van der Waals surface area contributed by atoms with Gasteiger partial charge in [-0.2, -0.15) is 0 Å². The van der Waals surface area contributed by atoms with Crippen molar-refractivity contribution in [2.45, 2.75) is 31.9 Å². The summed E-state index contributed by atoms with van der Waals surface area (Å²) in [6.07, 6.45) is 1.36. The van der Waals surface area contributed by atoms with Crippen LogP contribution in [0.3, 0.4) is 0 Å². The molecular weight excluding hydrogens is 280 g/mol. The van der Waals surface area contributed by atoms with Gasteiger partial charge in [-0.3, -0.25) is 14.9 Å². The number of cyclic esters (lactones) is 1. The monoisotopic (exact) mass is 294 g/mol. The van der Waals surface area contributed by atoms with Crippen LogP contribution in [0.15, 0.2) is 12.3 Å². The molecule has 0 aromatic carbocycles. The molecular formula is C12H14N4O5. The Labute approximate surface area is 119 Å². The number of nitro groups is 1. The van der Waals surface area contributed by atoms with Crippen molar-refractivity contribution in [3.05, 3.63) is 27.9 Å². The molecule has 1 fully saturated rings. The maximum absolute atomic E-state index is 11.7. The Balaban J connectivity index is 2.30. The zero-order chi connectivity index (χ0) is 15.8. The second-order valence-corrected chi connectivity index (χ2v) is 5.29. The summed E-state index contributed by atoms with van der Waals surface area (Å²) >= 11 is 0. The van der Waals surface area contributed by atoms with E-state index in [9.17, 15) is 19.7 Å². The largest absolute Gasteiger partial charge is 0.458 e. The molecule has 1 amide bonds. The lowest BCUT2D eigenvalue weighted by Gasteiger charge is -2.15. The number of primary amides is 1. The summed E-state index contributed by atoms with van der Waals surface area (Å²) in [7, 11) is 0. The van der Waals surface area contributed by atoms with Crippen molar-refractivity contribution >= 4 is 23.4 Å². The highest BCUT2D eigenvalue weighted by Gasteiger charge is 2.40. The lowest BCUT2D eigenvalue weighted by atomic mass is 10.0. The number of nitrogens with zero attached hydrogens (tertiary/aromatic N) is 2. The number of aromatic nitrogens is 1. The standard InChI is InChI=1S/C12H14N4O5/c1-12(2)4-8(11(18)21-12)15-10-7(9(13)17)3-6(5-14-10)16(19)20/h3,5,8H,4H2,1-2H3,(H2,13,17)(H,14,15). The van der Waals surface area contributed by atoms with E-state index in [1.807, 2.05) is 0 Å². The van der Waals surface area contributed by atoms with Crippen LogP contribution < -0.4 is 11.1 Å². The van der Waals surface area contributed by atoms with Crippen LogP contribution in [0.25, 0.3) is 0 Å². The molecule has 1 unspecified atom stereocenters. The minimum Gasteiger partial charge on any atom is -0.458 e. The quantitative estimate of drug-likeness (QED) is 0.471. The van der Waals surface area contributed by atoms with Gasteiger partial charge in [0.1, 0.15) is 23.7 Å². The highest BCUT2D eigenvalue weighted by molar-refractivity contribution is 5.98. The van der Waals surface area contributed by atoms with E-state index >= 15 is 0 Å². The minimum absolute atomic E-state index is 0.0211. The summed E-state index contributed by atoms with van der Waals surface area (Å²) in [4.78, 5) is 36.9. The number of hydrogen-bond donors (Lipinski definition) is 2. The molecule has 1 saturated heterocycles. The fourth-order valence-electron chi connectivity index (χ4n) is 2.09. The number of ether oxygens (including phenoxy) is 1. The highest BCUT2D eigenvalue weighted by Crippen LogP contribution is 2.29. The molecule has 0 spiro atoms. The average Bonchev–Trinajstić information content (AvgIpc) is 2.62. The molecule has 0 bridgehead atoms. The van der Waals surface area contributed by atoms with E-state index in [2.05, 4.69) is 10.3 Å². The third-order valence-corrected chi connectivity index (χ3v) is 3.02. The molecule has 3 N–H and O–H groups in total. The van der Waals surface area contributed by atoms with Gasteiger partial charge in [0.15, 0.2) is 0 Å². The van der Waals surface area contributed by atoms with Gasteiger partial charge in [-0.25, -0.2) is 9.78 Å². The number of carbonyl (C=O) groups is 2. The minimum atomic E-state index is -0.876. The van der Waals surface area contributed by atoms with Crippen molar-refractivity contribution in [2.75, 3.05) is 5.32 Å². The number of pyridine rings is 1. The number of amides is 1. The summed E-state index contributed by atoms with van der Waals surface area (Å²) in [5.74, 6) is -1.33. The Morgan fingerprint density at radius 1 is 1.62 bits per heavy atom. The van der Waals surface area contributed by atoms with Crippen LogP contribution in [0, 0.1) is 10.1 Å². The fraction of sp³-hybridized carbons (Fsp3) is 0.417. The van der Waals surface area contributed by atoms with Crippen LogP contribution in [0.5, 0.6) is 0 Å². The zero-order valence-corrected chi connectivity index (χ0v) is 11.5. The van der Waals surface area contributed by atoms with Crippen molar-refractivity contribution in [3.63, 3.8) is 0 Å². The molecule has 9 heteroatoms. The Kier molecular flexibility index (Phi) is 3.50. The molecule has 9 nitrogen and oxygen atoms in total. The first-order valence-corrected chi connectivity index (χ1v) is 6.13. The van der Waals surface area contributed by atoms with Gasteiger partial charge in [-0.1, -0.05) is 0 Å². The summed E-state index contributed by atoms with van der Waals surface area (Å²) in [5, 5.41) is 13.4. The van der Waals surface area contributed by atoms with Gasteiger partial charge < -0.3 is 15.8 Å². The van der Waals surface area contributed by atoms with Crippen LogP contribution in [0.1, 0.15) is 30.6 Å². The smallest absolute Gasteiger partial charge is 0.329 e. The number of nitrogens with two attached hydrogens (primary N) is 1. The van der Waals surface area contributed by atoms with E-state index in [0.717, 1.165) is 12.3 Å². The molecule has 1 aromatic rings. The maximum Gasteiger partial charge on any atom is 0.329 e. The predicted octanol–water partition coefficient (Wildman–Crippen LogP) is 0.595. The van der Waals surface area contributed by atoms with Crippen molar-refractivity contribution in [1.82, 2.24) is 4.98 Å². The van der Waals surface area contributed by atoms with Crippen LogP contribution in [0.4, 0.5) is 11.5 Å². The van der Waals surface area contributed by atoms with E-state index in [0.29, 0.717) is 6.42 Å². The van der Waals surface area contributed by atoms with Gasteiger partial charge in [0.2, 0.25) is 0 Å². The molecule has 1 aliphatic rings. The van der Waals surface area contributed by atoms with E-state index in [1.54, 1.807) is 13.8 Å². The van der Waals surface area contributed by atoms with Crippen molar-refractivity contribution in [2.24, 2.45) is 5.73 Å². The molecule has 2 heterocycles. The molecule has 21 heavy (non-hydrogen) atoms. The number of nitrogens with one attached hydrogen (secondary N) is 1. The normalized spacial score (nSPS) is 19.9. The number of esters is 1. The summed E-state index contributed by atoms with van der Waals surface area (Å²) in [6, 6.07) is 0.329. The van der Waals surface area contributed by atoms with Crippen LogP contribution in [0.2, 0.25) is 0 Å². The Morgan fingerprint density at radius 2 is 2.29 bits per heavy atom. The second kappa shape index (κ2) is 5.00. The van der Waals surface area contributed by atoms with Crippen LogP contribution in [-0.2, 0) is 9.53 Å². The zero-order valence-electron chi connectivity index (χ0n) is 11.5. The number of carbonyl (C=O) groups excluding carboxylic acids is 2. The molecule has 112 valence electrons. The van der Waals surface area contributed by atoms with Gasteiger partial charge >= 0.3 is 5.97 Å². The Hall–Kier alpha value is -2.71. The molecule has 2 rings (SSSR count). The first-order valence-electron chi connectivity index (χ1n) is 6.13. The number of rotatable bonds is 4. The lowest BCUT2D eigenvalue weighted by Crippen LogP contribution is -2.27. The summed E-state index contributed by atoms with van der Waals surface area (Å²) < 4.78 is 5.14. The molecule has 0 saturated carbocycles. The third kappa shape index (κ3) is 3.07. The lowest BCUT2D eigenvalue weighted by molar-refractivity contribution is -0.385. The van der Waals surface area contributed by atoms with E-state index in [1.165, 1.54) is 0 Å². The molecule has 0 aliphatic carbocycles. The number of hydrogen-bond acceptors (Lipinski definition) is 7. The molecule has 1 aliphatic heterocycles. The van der Waals surface area contributed by atoms with Crippen LogP contribution in [-0.4, -0.2) is 33.4 Å². The maximum atomic E-state index is 11.7. The van der Waals surface area contributed by atoms with E-state index < -0.39 is 28.4 Å². The van der Waals surface area contributed by atoms with Crippen molar-refractivity contribution in [3.8, 4) is 0 Å². The van der Waals surface area contributed by atoms with Crippen molar-refractivity contribution < 1.29 is 19.2 Å². The first-order chi connectivity index (χ1) is 9.69. The molecule has 1 aromatic heterocycles. The SMILES string of the molecule is CC1(C)CC(Nc2ncc([N+](=O)[O-])cc2C(N)=O)C(=O)O1. The van der Waals surface area contributed by atoms with Gasteiger partial charge in [0, 0.05) is 12.5 Å². The fourth-order valence-corrected chi connectivity index (χ4v) is 2.09. The van der Waals surface area contributed by atoms with Gasteiger partial charge in [0.25, 0.3) is 11.6 Å². The van der Waals surface area contributed by atoms with Crippen LogP contribution >= 0.6 is 0 Å². The average molecular weight is 294 g/mol. The van der Waals surface area contributed by atoms with E-state index in [4.69, 9.17) is 10.5 Å². The molecule has 0 radical (unpaired) electrons. The second-order valence-electron chi connectivity index (χ2n) is 5.29. The van der Waals surface area contributed by atoms with Gasteiger partial charge in [-0.15, -0.1) is 0 Å². The third-order valence-electron chi connectivity index (χ3n) is 3.02. The first kappa shape index (κ1) is 14.7. The van der Waals surface area contributed by atoms with Gasteiger partial charge in [-0.05, 0) is 13.8 Å². The Bertz CT molecular complexity index is 628. The summed E-state index contributed by atoms with van der Waals surface area (Å²) in [6.45, 7) is 3.51. The van der Waals surface area contributed by atoms with E-state index in [-0.39, 0.29) is 17.1 Å². The Morgan fingerprint density at radius 3 is 2.76 bits per heavy atom. The summed E-state index contributed by atoms with van der Waals surface area (Å²) in [5.41, 5.74) is 4.06. The number of anilines is 1. The van der Waals surface area contributed by atoms with Crippen molar-refractivity contribution in [1.29, 1.82) is 0 Å².